The fraction of sp³-hybridized carbons (Fsp3) is 0. The van der Waals surface area contributed by atoms with E-state index >= 15 is 0 Å². The van der Waals surface area contributed by atoms with E-state index in [1.807, 2.05) is 0 Å². The van der Waals surface area contributed by atoms with Gasteiger partial charge in [-0.25, -0.2) is 8.78 Å². The molecule has 0 heterocycles. The number of anilines is 2. The molecule has 0 amide bonds. The molecule has 4 N–H and O–H groups in total. The summed E-state index contributed by atoms with van der Waals surface area (Å²) in [5.74, 6) is -1.26. The molecule has 0 atom stereocenters. The summed E-state index contributed by atoms with van der Waals surface area (Å²) in [5, 5.41) is 0. The van der Waals surface area contributed by atoms with Crippen LogP contribution in [0, 0.1) is 11.6 Å². The lowest BCUT2D eigenvalue weighted by Crippen LogP contribution is -1.97. The Kier molecular flexibility index (Phi) is 2.48. The number of hydrogen-bond donors (Lipinski definition) is 2. The number of hydrogen-bond acceptors (Lipinski definition) is 2. The largest absolute Gasteiger partial charge is 0.396 e. The van der Waals surface area contributed by atoms with Crippen LogP contribution in [0.5, 0.6) is 0 Å². The highest BCUT2D eigenvalue weighted by atomic mass is 19.1. The molecule has 0 spiro atoms. The summed E-state index contributed by atoms with van der Waals surface area (Å²) in [5.41, 5.74) is 11.0. The Morgan fingerprint density at radius 1 is 0.688 bits per heavy atom. The second-order valence-electron chi connectivity index (χ2n) is 3.42. The van der Waals surface area contributed by atoms with Gasteiger partial charge in [0.05, 0.1) is 11.4 Å². The number of nitrogen functional groups attached to an aromatic ring is 2. The first kappa shape index (κ1) is 10.4. The maximum atomic E-state index is 13.7. The Labute approximate surface area is 91.5 Å². The third kappa shape index (κ3) is 1.58. The van der Waals surface area contributed by atoms with Gasteiger partial charge in [-0.05, 0) is 12.1 Å². The smallest absolute Gasteiger partial charge is 0.153 e. The highest BCUT2D eigenvalue weighted by Crippen LogP contribution is 2.30. The molecule has 0 saturated carbocycles. The van der Waals surface area contributed by atoms with Gasteiger partial charge in [-0.15, -0.1) is 0 Å². The number of halogens is 2. The molecular weight excluding hydrogens is 210 g/mol. The number of nitrogens with two attached hydrogens (primary N) is 2. The van der Waals surface area contributed by atoms with E-state index in [0.717, 1.165) is 0 Å². The minimum atomic E-state index is -0.632. The van der Waals surface area contributed by atoms with Crippen LogP contribution >= 0.6 is 0 Å². The highest BCUT2D eigenvalue weighted by Gasteiger charge is 2.13. The molecule has 2 rings (SSSR count). The predicted octanol–water partition coefficient (Wildman–Crippen LogP) is 2.80. The van der Waals surface area contributed by atoms with E-state index < -0.39 is 11.6 Å². The predicted molar refractivity (Wildman–Crippen MR) is 60.6 cm³/mol. The lowest BCUT2D eigenvalue weighted by atomic mass is 10.0. The fourth-order valence-corrected chi connectivity index (χ4v) is 1.52. The van der Waals surface area contributed by atoms with Gasteiger partial charge >= 0.3 is 0 Å². The van der Waals surface area contributed by atoms with Crippen molar-refractivity contribution < 1.29 is 8.78 Å². The van der Waals surface area contributed by atoms with Crippen molar-refractivity contribution in [1.29, 1.82) is 0 Å². The summed E-state index contributed by atoms with van der Waals surface area (Å²) in [6.07, 6.45) is 0. The van der Waals surface area contributed by atoms with Gasteiger partial charge in [-0.3, -0.25) is 0 Å². The molecule has 0 bridgehead atoms. The minimum Gasteiger partial charge on any atom is -0.396 e. The highest BCUT2D eigenvalue weighted by molar-refractivity contribution is 5.71. The molecule has 4 heteroatoms. The zero-order valence-electron chi connectivity index (χ0n) is 8.37. The van der Waals surface area contributed by atoms with Gasteiger partial charge < -0.3 is 11.5 Å². The van der Waals surface area contributed by atoms with Crippen molar-refractivity contribution in [2.75, 3.05) is 11.5 Å². The van der Waals surface area contributed by atoms with E-state index in [4.69, 9.17) is 11.5 Å². The van der Waals surface area contributed by atoms with Crippen LogP contribution in [0.4, 0.5) is 20.2 Å². The third-order valence-electron chi connectivity index (χ3n) is 2.35. The molecule has 0 fully saturated rings. The van der Waals surface area contributed by atoms with Crippen LogP contribution in [-0.2, 0) is 0 Å². The molecule has 0 radical (unpaired) electrons. The molecule has 0 unspecified atom stereocenters. The molecule has 0 aliphatic rings. The first-order chi connectivity index (χ1) is 7.61. The zero-order valence-corrected chi connectivity index (χ0v) is 8.37. The molecule has 2 aromatic carbocycles. The zero-order chi connectivity index (χ0) is 11.7. The first-order valence-corrected chi connectivity index (χ1v) is 4.69. The summed E-state index contributed by atoms with van der Waals surface area (Å²) in [6, 6.07) is 8.89. The van der Waals surface area contributed by atoms with Crippen LogP contribution in [0.25, 0.3) is 11.1 Å². The Morgan fingerprint density at radius 3 is 1.44 bits per heavy atom. The molecule has 0 saturated heterocycles. The molecule has 2 nitrogen and oxygen atoms in total. The van der Waals surface area contributed by atoms with Gasteiger partial charge in [0.2, 0.25) is 0 Å². The van der Waals surface area contributed by atoms with E-state index in [2.05, 4.69) is 0 Å². The van der Waals surface area contributed by atoms with Crippen LogP contribution in [-0.4, -0.2) is 0 Å². The summed E-state index contributed by atoms with van der Waals surface area (Å²) >= 11 is 0. The van der Waals surface area contributed by atoms with Crippen molar-refractivity contribution in [3.8, 4) is 11.1 Å². The van der Waals surface area contributed by atoms with E-state index in [1.165, 1.54) is 24.3 Å². The Balaban J connectivity index is 2.68. The number of benzene rings is 2. The lowest BCUT2D eigenvalue weighted by molar-refractivity contribution is 0.621. The Hall–Kier alpha value is -2.10. The van der Waals surface area contributed by atoms with Gasteiger partial charge in [0, 0.05) is 11.1 Å². The minimum absolute atomic E-state index is 0.0145. The standard InChI is InChI=1S/C12H10F2N2/c13-11-7(3-1-5-9(11)15)8-4-2-6-10(16)12(8)14/h1-6H,15-16H2. The van der Waals surface area contributed by atoms with E-state index in [-0.39, 0.29) is 22.5 Å². The van der Waals surface area contributed by atoms with E-state index in [0.29, 0.717) is 0 Å². The van der Waals surface area contributed by atoms with E-state index in [1.54, 1.807) is 12.1 Å². The second-order valence-corrected chi connectivity index (χ2v) is 3.42. The molecule has 0 aliphatic heterocycles. The van der Waals surface area contributed by atoms with Crippen molar-refractivity contribution in [2.24, 2.45) is 0 Å². The van der Waals surface area contributed by atoms with Crippen LogP contribution in [0.3, 0.4) is 0 Å². The molecule has 0 aliphatic carbocycles. The fourth-order valence-electron chi connectivity index (χ4n) is 1.52. The van der Waals surface area contributed by atoms with Gasteiger partial charge in [0.1, 0.15) is 0 Å². The van der Waals surface area contributed by atoms with Crippen molar-refractivity contribution in [1.82, 2.24) is 0 Å². The van der Waals surface area contributed by atoms with Gasteiger partial charge in [0.25, 0.3) is 0 Å². The lowest BCUT2D eigenvalue weighted by Gasteiger charge is -2.07. The topological polar surface area (TPSA) is 52.0 Å². The maximum Gasteiger partial charge on any atom is 0.153 e. The molecule has 16 heavy (non-hydrogen) atoms. The second kappa shape index (κ2) is 3.81. The molecule has 0 aromatic heterocycles. The monoisotopic (exact) mass is 220 g/mol. The third-order valence-corrected chi connectivity index (χ3v) is 2.35. The van der Waals surface area contributed by atoms with Crippen LogP contribution in [0.1, 0.15) is 0 Å². The Bertz CT molecular complexity index is 489. The van der Waals surface area contributed by atoms with Gasteiger partial charge in [-0.2, -0.15) is 0 Å². The van der Waals surface area contributed by atoms with Gasteiger partial charge in [-0.1, -0.05) is 24.3 Å². The van der Waals surface area contributed by atoms with Crippen molar-refractivity contribution >= 4 is 11.4 Å². The number of rotatable bonds is 1. The average molecular weight is 220 g/mol. The molecule has 82 valence electrons. The first-order valence-electron chi connectivity index (χ1n) is 4.69. The maximum absolute atomic E-state index is 13.7. The van der Waals surface area contributed by atoms with Crippen molar-refractivity contribution in [3.63, 3.8) is 0 Å². The summed E-state index contributed by atoms with van der Waals surface area (Å²) < 4.78 is 27.3. The van der Waals surface area contributed by atoms with Crippen LogP contribution < -0.4 is 11.5 Å². The van der Waals surface area contributed by atoms with Crippen LogP contribution in [0.2, 0.25) is 0 Å². The summed E-state index contributed by atoms with van der Waals surface area (Å²) in [4.78, 5) is 0. The van der Waals surface area contributed by atoms with Crippen LogP contribution in [0.15, 0.2) is 36.4 Å². The Morgan fingerprint density at radius 2 is 1.06 bits per heavy atom. The quantitative estimate of drug-likeness (QED) is 0.726. The van der Waals surface area contributed by atoms with E-state index in [9.17, 15) is 8.78 Å². The normalized spacial score (nSPS) is 10.4. The van der Waals surface area contributed by atoms with Gasteiger partial charge in [0.15, 0.2) is 11.6 Å². The van der Waals surface area contributed by atoms with Crippen molar-refractivity contribution in [2.45, 2.75) is 0 Å². The summed E-state index contributed by atoms with van der Waals surface area (Å²) in [7, 11) is 0. The molecule has 2 aromatic rings. The van der Waals surface area contributed by atoms with Crippen molar-refractivity contribution in [3.05, 3.63) is 48.0 Å². The SMILES string of the molecule is Nc1cccc(-c2cccc(N)c2F)c1F. The average Bonchev–Trinajstić information content (AvgIpc) is 2.27. The summed E-state index contributed by atoms with van der Waals surface area (Å²) in [6.45, 7) is 0. The molecular formula is C12H10F2N2.